The van der Waals surface area contributed by atoms with E-state index in [0.29, 0.717) is 28.7 Å². The zero-order chi connectivity index (χ0) is 27.3. The zero-order valence-electron chi connectivity index (χ0n) is 20.9. The molecule has 38 heavy (non-hydrogen) atoms. The van der Waals surface area contributed by atoms with Crippen molar-refractivity contribution in [2.24, 2.45) is 13.0 Å². The first kappa shape index (κ1) is 25.7. The van der Waals surface area contributed by atoms with E-state index in [1.165, 1.54) is 38.9 Å². The van der Waals surface area contributed by atoms with Crippen molar-refractivity contribution in [3.05, 3.63) is 90.0 Å². The highest BCUT2D eigenvalue weighted by Gasteiger charge is 2.31. The van der Waals surface area contributed by atoms with Gasteiger partial charge in [0.2, 0.25) is 5.91 Å². The van der Waals surface area contributed by atoms with Crippen LogP contribution in [0, 0.1) is 11.7 Å². The van der Waals surface area contributed by atoms with Crippen LogP contribution >= 0.6 is 15.9 Å². The van der Waals surface area contributed by atoms with E-state index in [9.17, 15) is 23.6 Å². The third-order valence-corrected chi connectivity index (χ3v) is 6.95. The topological polar surface area (TPSA) is 107 Å². The lowest BCUT2D eigenvalue weighted by Crippen LogP contribution is -2.41. The lowest BCUT2D eigenvalue weighted by atomic mass is 10.2. The Kier molecular flexibility index (Phi) is 6.56. The van der Waals surface area contributed by atoms with E-state index < -0.39 is 22.6 Å². The molecule has 5 rings (SSSR count). The molecule has 2 aromatic carbocycles. The Hall–Kier alpha value is -3.99. The summed E-state index contributed by atoms with van der Waals surface area (Å²) in [5, 5.41) is 5.77. The quantitative estimate of drug-likeness (QED) is 0.350. The predicted molar refractivity (Wildman–Crippen MR) is 148 cm³/mol. The molecular formula is C27H25BrFN5O4. The number of anilines is 3. The Labute approximate surface area is 224 Å². The Morgan fingerprint density at radius 3 is 2.45 bits per heavy atom. The summed E-state index contributed by atoms with van der Waals surface area (Å²) < 4.78 is 18.9. The fourth-order valence-corrected chi connectivity index (χ4v) is 4.63. The van der Waals surface area contributed by atoms with Crippen LogP contribution in [0.5, 0.6) is 0 Å². The molecule has 2 aromatic heterocycles. The number of aromatic nitrogens is 3. The first-order valence-corrected chi connectivity index (χ1v) is 12.9. The van der Waals surface area contributed by atoms with Crippen LogP contribution in [0.25, 0.3) is 16.7 Å². The maximum Gasteiger partial charge on any atom is 0.337 e. The number of nitrogens with one attached hydrogen (secondary N) is 2. The van der Waals surface area contributed by atoms with E-state index >= 15 is 0 Å². The summed E-state index contributed by atoms with van der Waals surface area (Å²) in [6, 6.07) is 12.0. The van der Waals surface area contributed by atoms with Crippen molar-refractivity contribution in [1.82, 2.24) is 13.7 Å². The molecule has 2 heterocycles. The molecule has 0 bridgehead atoms. The fraction of sp³-hybridized carbons (Fsp3) is 0.259. The van der Waals surface area contributed by atoms with Crippen molar-refractivity contribution in [3.63, 3.8) is 0 Å². The maximum absolute atomic E-state index is 14.7. The second-order valence-electron chi connectivity index (χ2n) is 9.62. The van der Waals surface area contributed by atoms with Crippen molar-refractivity contribution < 1.29 is 9.18 Å². The number of amides is 1. The van der Waals surface area contributed by atoms with E-state index in [-0.39, 0.29) is 40.3 Å². The van der Waals surface area contributed by atoms with Gasteiger partial charge in [0.05, 0.1) is 17.1 Å². The van der Waals surface area contributed by atoms with Crippen LogP contribution in [0.15, 0.2) is 67.4 Å². The average molecular weight is 582 g/mol. The van der Waals surface area contributed by atoms with E-state index in [1.807, 2.05) is 0 Å². The first-order valence-electron chi connectivity index (χ1n) is 12.1. The summed E-state index contributed by atoms with van der Waals surface area (Å²) in [6.07, 6.45) is 1.34. The number of pyridine rings is 1. The van der Waals surface area contributed by atoms with Crippen molar-refractivity contribution in [1.29, 1.82) is 0 Å². The summed E-state index contributed by atoms with van der Waals surface area (Å²) >= 11 is 3.22. The highest BCUT2D eigenvalue weighted by atomic mass is 79.9. The summed E-state index contributed by atoms with van der Waals surface area (Å²) in [5.41, 5.74) is -0.643. The van der Waals surface area contributed by atoms with Gasteiger partial charge in [-0.2, -0.15) is 0 Å². The zero-order valence-corrected chi connectivity index (χ0v) is 22.5. The molecule has 4 aromatic rings. The van der Waals surface area contributed by atoms with Crippen LogP contribution in [0.2, 0.25) is 0 Å². The van der Waals surface area contributed by atoms with Crippen LogP contribution in [-0.2, 0) is 11.8 Å². The molecule has 0 unspecified atom stereocenters. The molecule has 1 saturated carbocycles. The molecule has 9 nitrogen and oxygen atoms in total. The molecule has 2 N–H and O–H groups in total. The van der Waals surface area contributed by atoms with Crippen molar-refractivity contribution in [2.75, 3.05) is 10.6 Å². The van der Waals surface area contributed by atoms with Crippen molar-refractivity contribution >= 4 is 49.9 Å². The number of rotatable bonds is 6. The Morgan fingerprint density at radius 2 is 1.79 bits per heavy atom. The second-order valence-corrected chi connectivity index (χ2v) is 10.5. The van der Waals surface area contributed by atoms with Crippen LogP contribution in [0.1, 0.15) is 32.7 Å². The van der Waals surface area contributed by atoms with Gasteiger partial charge in [0.1, 0.15) is 16.9 Å². The van der Waals surface area contributed by atoms with Gasteiger partial charge >= 0.3 is 5.69 Å². The minimum absolute atomic E-state index is 0.0526. The molecule has 0 radical (unpaired) electrons. The monoisotopic (exact) mass is 581 g/mol. The standard InChI is InChI=1S/C27H25BrFN5O4/c1-14(2)24(36)30-16-5-4-6-18(12-16)33-25-23(26(37)34(27(33)38)17-8-9-17)21(13-22(35)32(25)3)31-20-10-7-15(28)11-19(20)29/h4-7,10-14,17,31H,8-9H2,1-3H3,(H,30,36). The third-order valence-electron chi connectivity index (χ3n) is 6.46. The minimum Gasteiger partial charge on any atom is -0.352 e. The largest absolute Gasteiger partial charge is 0.352 e. The number of hydrogen-bond acceptors (Lipinski definition) is 5. The normalized spacial score (nSPS) is 13.2. The molecule has 0 spiro atoms. The molecule has 196 valence electrons. The lowest BCUT2D eigenvalue weighted by molar-refractivity contribution is -0.118. The van der Waals surface area contributed by atoms with Gasteiger partial charge in [0.15, 0.2) is 0 Å². The van der Waals surface area contributed by atoms with Gasteiger partial charge in [-0.1, -0.05) is 35.8 Å². The van der Waals surface area contributed by atoms with Gasteiger partial charge in [-0.15, -0.1) is 0 Å². The summed E-state index contributed by atoms with van der Waals surface area (Å²) in [7, 11) is 1.47. The average Bonchev–Trinajstić information content (AvgIpc) is 3.69. The lowest BCUT2D eigenvalue weighted by Gasteiger charge is -2.19. The molecule has 0 aliphatic heterocycles. The van der Waals surface area contributed by atoms with E-state index in [4.69, 9.17) is 0 Å². The van der Waals surface area contributed by atoms with Crippen molar-refractivity contribution in [3.8, 4) is 5.69 Å². The van der Waals surface area contributed by atoms with Crippen LogP contribution in [0.4, 0.5) is 21.5 Å². The van der Waals surface area contributed by atoms with Gasteiger partial charge < -0.3 is 10.6 Å². The van der Waals surface area contributed by atoms with Gasteiger partial charge in [-0.05, 0) is 49.2 Å². The smallest absolute Gasteiger partial charge is 0.337 e. The van der Waals surface area contributed by atoms with Gasteiger partial charge in [-0.25, -0.2) is 13.8 Å². The van der Waals surface area contributed by atoms with E-state index in [0.717, 1.165) is 0 Å². The van der Waals surface area contributed by atoms with Gasteiger partial charge in [-0.3, -0.25) is 23.5 Å². The van der Waals surface area contributed by atoms with Crippen LogP contribution < -0.4 is 27.4 Å². The Balaban J connectivity index is 1.81. The summed E-state index contributed by atoms with van der Waals surface area (Å²) in [4.78, 5) is 52.9. The predicted octanol–water partition coefficient (Wildman–Crippen LogP) is 4.43. The van der Waals surface area contributed by atoms with E-state index in [2.05, 4.69) is 26.6 Å². The molecule has 1 aliphatic rings. The number of carbonyl (C=O) groups is 1. The van der Waals surface area contributed by atoms with E-state index in [1.54, 1.807) is 44.2 Å². The molecule has 1 fully saturated rings. The number of nitrogens with zero attached hydrogens (tertiary/aromatic N) is 3. The number of aryl methyl sites for hydroxylation is 1. The molecular weight excluding hydrogens is 557 g/mol. The number of benzene rings is 2. The van der Waals surface area contributed by atoms with Crippen LogP contribution in [0.3, 0.4) is 0 Å². The molecule has 0 saturated heterocycles. The number of halogens is 2. The highest BCUT2D eigenvalue weighted by Crippen LogP contribution is 2.34. The molecule has 11 heteroatoms. The highest BCUT2D eigenvalue weighted by molar-refractivity contribution is 9.10. The Bertz CT molecular complexity index is 1790. The Morgan fingerprint density at radius 1 is 1.05 bits per heavy atom. The SMILES string of the molecule is CC(C)C(=O)Nc1cccc(-n2c(=O)n(C3CC3)c(=O)c3c(Nc4ccc(Br)cc4F)cc(=O)n(C)c32)c1. The third kappa shape index (κ3) is 4.58. The second kappa shape index (κ2) is 9.71. The maximum atomic E-state index is 14.7. The number of carbonyl (C=O) groups excluding carboxylic acids is 1. The first-order chi connectivity index (χ1) is 18.1. The van der Waals surface area contributed by atoms with Gasteiger partial charge in [0, 0.05) is 35.2 Å². The van der Waals surface area contributed by atoms with Crippen LogP contribution in [-0.4, -0.2) is 19.6 Å². The molecule has 1 amide bonds. The summed E-state index contributed by atoms with van der Waals surface area (Å²) in [6.45, 7) is 3.53. The van der Waals surface area contributed by atoms with Gasteiger partial charge in [0.25, 0.3) is 11.1 Å². The fourth-order valence-electron chi connectivity index (χ4n) is 4.29. The molecule has 1 aliphatic carbocycles. The van der Waals surface area contributed by atoms with Crippen molar-refractivity contribution in [2.45, 2.75) is 32.7 Å². The molecule has 0 atom stereocenters. The number of hydrogen-bond donors (Lipinski definition) is 2. The summed E-state index contributed by atoms with van der Waals surface area (Å²) in [5.74, 6) is -1.04. The number of fused-ring (bicyclic) bond motifs is 1. The minimum atomic E-state index is -0.598.